The number of nitrogens with one attached hydrogen (secondary N) is 1. The molecule has 1 aromatic rings. The van der Waals surface area contributed by atoms with Crippen molar-refractivity contribution in [1.82, 2.24) is 15.1 Å². The normalized spacial score (nSPS) is 15.9. The molecule has 1 aromatic carbocycles. The second-order valence-corrected chi connectivity index (χ2v) is 8.46. The lowest BCUT2D eigenvalue weighted by atomic mass is 10.0. The van der Waals surface area contributed by atoms with Crippen LogP contribution < -0.4 is 5.32 Å². The van der Waals surface area contributed by atoms with Gasteiger partial charge in [0.1, 0.15) is 11.4 Å². The first-order valence-electron chi connectivity index (χ1n) is 9.75. The number of hydrogen-bond donors (Lipinski definition) is 1. The molecule has 28 heavy (non-hydrogen) atoms. The monoisotopic (exact) mass is 393 g/mol. The number of halogens is 1. The number of piperidine rings is 1. The lowest BCUT2D eigenvalue weighted by Crippen LogP contribution is -2.48. The first-order valence-corrected chi connectivity index (χ1v) is 9.75. The zero-order valence-corrected chi connectivity index (χ0v) is 17.5. The lowest BCUT2D eigenvalue weighted by Gasteiger charge is -2.37. The van der Waals surface area contributed by atoms with Crippen LogP contribution in [0.15, 0.2) is 18.2 Å². The van der Waals surface area contributed by atoms with Gasteiger partial charge >= 0.3 is 6.09 Å². The fourth-order valence-electron chi connectivity index (χ4n) is 3.15. The topological polar surface area (TPSA) is 61.9 Å². The molecule has 2 amide bonds. The summed E-state index contributed by atoms with van der Waals surface area (Å²) < 4.78 is 19.0. The Morgan fingerprint density at radius 3 is 2.50 bits per heavy atom. The van der Waals surface area contributed by atoms with E-state index in [1.807, 2.05) is 26.8 Å². The van der Waals surface area contributed by atoms with Crippen LogP contribution in [0.3, 0.4) is 0 Å². The molecule has 2 rings (SSSR count). The van der Waals surface area contributed by atoms with Gasteiger partial charge in [-0.1, -0.05) is 12.1 Å². The fourth-order valence-corrected chi connectivity index (χ4v) is 3.15. The maximum absolute atomic E-state index is 13.6. The van der Waals surface area contributed by atoms with Crippen LogP contribution in [-0.4, -0.2) is 60.1 Å². The van der Waals surface area contributed by atoms with Crippen LogP contribution in [0.25, 0.3) is 0 Å². The van der Waals surface area contributed by atoms with Crippen LogP contribution in [0.1, 0.15) is 44.7 Å². The van der Waals surface area contributed by atoms with E-state index in [0.29, 0.717) is 18.7 Å². The highest BCUT2D eigenvalue weighted by Crippen LogP contribution is 2.18. The van der Waals surface area contributed by atoms with Gasteiger partial charge in [-0.15, -0.1) is 0 Å². The number of rotatable bonds is 5. The van der Waals surface area contributed by atoms with Gasteiger partial charge in [0, 0.05) is 32.7 Å². The van der Waals surface area contributed by atoms with Crippen molar-refractivity contribution in [2.75, 3.05) is 26.7 Å². The number of carbonyl (C=O) groups is 2. The minimum Gasteiger partial charge on any atom is -0.444 e. The third kappa shape index (κ3) is 6.78. The molecule has 0 unspecified atom stereocenters. The third-order valence-corrected chi connectivity index (χ3v) is 4.88. The highest BCUT2D eigenvalue weighted by molar-refractivity contribution is 5.78. The summed E-state index contributed by atoms with van der Waals surface area (Å²) in [5.74, 6) is -0.345. The maximum Gasteiger partial charge on any atom is 0.410 e. The van der Waals surface area contributed by atoms with E-state index < -0.39 is 5.60 Å². The van der Waals surface area contributed by atoms with Gasteiger partial charge in [-0.05, 0) is 57.7 Å². The Kier molecular flexibility index (Phi) is 7.41. The molecule has 7 heteroatoms. The van der Waals surface area contributed by atoms with Gasteiger partial charge in [-0.2, -0.15) is 0 Å². The summed E-state index contributed by atoms with van der Waals surface area (Å²) in [5.41, 5.74) is 0.827. The summed E-state index contributed by atoms with van der Waals surface area (Å²) in [6.45, 7) is 9.36. The molecule has 1 aliphatic heterocycles. The number of hydrogen-bond acceptors (Lipinski definition) is 4. The van der Waals surface area contributed by atoms with Crippen LogP contribution in [-0.2, 0) is 16.1 Å². The van der Waals surface area contributed by atoms with Crippen molar-refractivity contribution in [2.45, 2.75) is 58.7 Å². The first kappa shape index (κ1) is 22.1. The van der Waals surface area contributed by atoms with E-state index in [1.54, 1.807) is 24.9 Å². The molecule has 1 fully saturated rings. The Bertz CT molecular complexity index is 695. The first-order chi connectivity index (χ1) is 13.0. The van der Waals surface area contributed by atoms with Crippen molar-refractivity contribution in [3.63, 3.8) is 0 Å². The van der Waals surface area contributed by atoms with Crippen molar-refractivity contribution < 1.29 is 18.7 Å². The average molecular weight is 394 g/mol. The summed E-state index contributed by atoms with van der Waals surface area (Å²) >= 11 is 0. The summed E-state index contributed by atoms with van der Waals surface area (Å²) in [5, 5.41) is 2.84. The van der Waals surface area contributed by atoms with Gasteiger partial charge in [-0.25, -0.2) is 9.18 Å². The summed E-state index contributed by atoms with van der Waals surface area (Å²) in [6, 6.07) is 5.09. The van der Waals surface area contributed by atoms with Crippen LogP contribution in [0, 0.1) is 12.7 Å². The Morgan fingerprint density at radius 1 is 1.29 bits per heavy atom. The van der Waals surface area contributed by atoms with E-state index >= 15 is 0 Å². The Hall–Kier alpha value is -2.15. The molecule has 0 radical (unpaired) electrons. The zero-order chi connectivity index (χ0) is 20.9. The molecule has 0 aliphatic carbocycles. The van der Waals surface area contributed by atoms with Crippen molar-refractivity contribution >= 4 is 12.0 Å². The van der Waals surface area contributed by atoms with Gasteiger partial charge in [0.25, 0.3) is 0 Å². The minimum atomic E-state index is -0.509. The Balaban J connectivity index is 1.73. The average Bonchev–Trinajstić information content (AvgIpc) is 2.61. The Morgan fingerprint density at radius 2 is 1.93 bits per heavy atom. The lowest BCUT2D eigenvalue weighted by molar-refractivity contribution is -0.122. The standard InChI is InChI=1S/C21H32FN3O3/c1-15-6-7-16(12-18(15)22)13-23-19(26)14-25-10-8-17(9-11-25)24(5)20(27)28-21(2,3)4/h6-7,12,17H,8-11,13-14H2,1-5H3,(H,23,26). The van der Waals surface area contributed by atoms with Gasteiger partial charge in [-0.3, -0.25) is 9.69 Å². The summed E-state index contributed by atoms with van der Waals surface area (Å²) in [4.78, 5) is 28.1. The smallest absolute Gasteiger partial charge is 0.410 e. The van der Waals surface area contributed by atoms with Crippen LogP contribution >= 0.6 is 0 Å². The molecule has 1 N–H and O–H groups in total. The third-order valence-electron chi connectivity index (χ3n) is 4.88. The molecule has 0 saturated carbocycles. The molecular formula is C21H32FN3O3. The largest absolute Gasteiger partial charge is 0.444 e. The molecule has 0 spiro atoms. The molecule has 0 aromatic heterocycles. The molecule has 1 saturated heterocycles. The molecule has 0 bridgehead atoms. The number of benzene rings is 1. The number of carbonyl (C=O) groups excluding carboxylic acids is 2. The second kappa shape index (κ2) is 9.37. The SMILES string of the molecule is Cc1ccc(CNC(=O)CN2CCC(N(C)C(=O)OC(C)(C)C)CC2)cc1F. The van der Waals surface area contributed by atoms with E-state index in [9.17, 15) is 14.0 Å². The Labute approximate surface area is 167 Å². The molecule has 156 valence electrons. The van der Waals surface area contributed by atoms with E-state index in [4.69, 9.17) is 4.74 Å². The van der Waals surface area contributed by atoms with Gasteiger partial charge in [0.05, 0.1) is 6.54 Å². The number of nitrogens with zero attached hydrogens (tertiary/aromatic N) is 2. The van der Waals surface area contributed by atoms with E-state index in [2.05, 4.69) is 10.2 Å². The molecule has 0 atom stereocenters. The van der Waals surface area contributed by atoms with Crippen molar-refractivity contribution in [3.05, 3.63) is 35.1 Å². The van der Waals surface area contributed by atoms with Crippen LogP contribution in [0.2, 0.25) is 0 Å². The van der Waals surface area contributed by atoms with E-state index in [-0.39, 0.29) is 23.9 Å². The van der Waals surface area contributed by atoms with Gasteiger partial charge < -0.3 is 15.0 Å². The summed E-state index contributed by atoms with van der Waals surface area (Å²) in [7, 11) is 1.77. The molecule has 6 nitrogen and oxygen atoms in total. The predicted octanol–water partition coefficient (Wildman–Crippen LogP) is 3.08. The molecular weight excluding hydrogens is 361 g/mol. The maximum atomic E-state index is 13.6. The van der Waals surface area contributed by atoms with Crippen molar-refractivity contribution in [3.8, 4) is 0 Å². The number of amides is 2. The quantitative estimate of drug-likeness (QED) is 0.835. The molecule has 1 aliphatic rings. The zero-order valence-electron chi connectivity index (χ0n) is 17.5. The number of aryl methyl sites for hydroxylation is 1. The number of likely N-dealkylation sites (tertiary alicyclic amines) is 1. The predicted molar refractivity (Wildman–Crippen MR) is 106 cm³/mol. The van der Waals surface area contributed by atoms with E-state index in [0.717, 1.165) is 31.5 Å². The minimum absolute atomic E-state index is 0.0834. The van der Waals surface area contributed by atoms with Crippen molar-refractivity contribution in [1.29, 1.82) is 0 Å². The highest BCUT2D eigenvalue weighted by Gasteiger charge is 2.29. The van der Waals surface area contributed by atoms with Crippen LogP contribution in [0.4, 0.5) is 9.18 Å². The van der Waals surface area contributed by atoms with Gasteiger partial charge in [0.15, 0.2) is 0 Å². The highest BCUT2D eigenvalue weighted by atomic mass is 19.1. The summed E-state index contributed by atoms with van der Waals surface area (Å²) in [6.07, 6.45) is 1.28. The molecule has 1 heterocycles. The van der Waals surface area contributed by atoms with E-state index in [1.165, 1.54) is 6.07 Å². The second-order valence-electron chi connectivity index (χ2n) is 8.46. The van der Waals surface area contributed by atoms with Crippen molar-refractivity contribution in [2.24, 2.45) is 0 Å². The van der Waals surface area contributed by atoms with Gasteiger partial charge in [0.2, 0.25) is 5.91 Å². The number of ether oxygens (including phenoxy) is 1. The van der Waals surface area contributed by atoms with Crippen LogP contribution in [0.5, 0.6) is 0 Å². The fraction of sp³-hybridized carbons (Fsp3) is 0.619.